The summed E-state index contributed by atoms with van der Waals surface area (Å²) in [5, 5.41) is 0. The number of unbranched alkanes of at least 4 members (excludes halogenated alkanes) is 7. The minimum atomic E-state index is 0.846. The van der Waals surface area contributed by atoms with E-state index in [0.29, 0.717) is 0 Å². The first kappa shape index (κ1) is 30.0. The van der Waals surface area contributed by atoms with E-state index >= 15 is 0 Å². The standard InChI is InChI=1S/C30H62/c1-9-12-14-15-18-22-28(20-11-3)30(29(26(6)7)23-13-10-2)24-19-16-17-21-27(8)25(4)5/h25-30H,9-24H2,1-8H3. The lowest BCUT2D eigenvalue weighted by Crippen LogP contribution is -2.28. The zero-order chi connectivity index (χ0) is 22.8. The average molecular weight is 423 g/mol. The molecule has 30 heavy (non-hydrogen) atoms. The van der Waals surface area contributed by atoms with E-state index in [9.17, 15) is 0 Å². The maximum Gasteiger partial charge on any atom is -0.0355 e. The Balaban J connectivity index is 4.93. The lowest BCUT2D eigenvalue weighted by atomic mass is 9.69. The van der Waals surface area contributed by atoms with Crippen LogP contribution < -0.4 is 0 Å². The quantitative estimate of drug-likeness (QED) is 0.161. The predicted molar refractivity (Wildman–Crippen MR) is 140 cm³/mol. The maximum atomic E-state index is 2.52. The van der Waals surface area contributed by atoms with Gasteiger partial charge in [0.25, 0.3) is 0 Å². The summed E-state index contributed by atoms with van der Waals surface area (Å²) >= 11 is 0. The molecule has 0 rings (SSSR count). The molecule has 4 atom stereocenters. The second-order valence-corrected chi connectivity index (χ2v) is 11.3. The molecule has 0 radical (unpaired) electrons. The zero-order valence-corrected chi connectivity index (χ0v) is 22.8. The first-order valence-corrected chi connectivity index (χ1v) is 14.4. The molecule has 0 amide bonds. The Kier molecular flexibility index (Phi) is 19.7. The molecule has 0 nitrogen and oxygen atoms in total. The number of rotatable bonds is 21. The molecule has 0 fully saturated rings. The normalized spacial score (nSPS) is 16.2. The first-order valence-electron chi connectivity index (χ1n) is 14.4. The van der Waals surface area contributed by atoms with Gasteiger partial charge in [-0.15, -0.1) is 0 Å². The summed E-state index contributed by atoms with van der Waals surface area (Å²) in [5.41, 5.74) is 0. The Morgan fingerprint density at radius 3 is 1.50 bits per heavy atom. The van der Waals surface area contributed by atoms with Gasteiger partial charge in [-0.3, -0.25) is 0 Å². The van der Waals surface area contributed by atoms with Gasteiger partial charge in [-0.1, -0.05) is 145 Å². The van der Waals surface area contributed by atoms with Crippen molar-refractivity contribution in [3.05, 3.63) is 0 Å². The monoisotopic (exact) mass is 422 g/mol. The molecule has 0 aliphatic carbocycles. The molecule has 0 bridgehead atoms. The summed E-state index contributed by atoms with van der Waals surface area (Å²) in [6, 6.07) is 0. The van der Waals surface area contributed by atoms with Crippen LogP contribution in [0.1, 0.15) is 158 Å². The first-order chi connectivity index (χ1) is 14.4. The highest BCUT2D eigenvalue weighted by Gasteiger charge is 2.30. The molecule has 0 aromatic rings. The Hall–Kier alpha value is 0. The topological polar surface area (TPSA) is 0 Å². The maximum absolute atomic E-state index is 2.52. The summed E-state index contributed by atoms with van der Waals surface area (Å²) in [4.78, 5) is 0. The molecular formula is C30H62. The molecule has 0 saturated carbocycles. The van der Waals surface area contributed by atoms with Crippen molar-refractivity contribution in [3.8, 4) is 0 Å². The van der Waals surface area contributed by atoms with E-state index in [2.05, 4.69) is 55.4 Å². The van der Waals surface area contributed by atoms with Crippen LogP contribution in [0.3, 0.4) is 0 Å². The van der Waals surface area contributed by atoms with E-state index in [1.807, 2.05) is 0 Å². The largest absolute Gasteiger partial charge is 0.0654 e. The van der Waals surface area contributed by atoms with Gasteiger partial charge >= 0.3 is 0 Å². The third kappa shape index (κ3) is 14.1. The summed E-state index contributed by atoms with van der Waals surface area (Å²) < 4.78 is 0. The minimum absolute atomic E-state index is 0.846. The van der Waals surface area contributed by atoms with Crippen LogP contribution >= 0.6 is 0 Å². The third-order valence-electron chi connectivity index (χ3n) is 8.08. The molecule has 4 unspecified atom stereocenters. The molecule has 0 aromatic carbocycles. The second kappa shape index (κ2) is 19.7. The molecule has 0 aromatic heterocycles. The van der Waals surface area contributed by atoms with Gasteiger partial charge in [-0.05, 0) is 48.3 Å². The van der Waals surface area contributed by atoms with Gasteiger partial charge in [-0.25, -0.2) is 0 Å². The highest BCUT2D eigenvalue weighted by atomic mass is 14.3. The van der Waals surface area contributed by atoms with E-state index in [4.69, 9.17) is 0 Å². The van der Waals surface area contributed by atoms with Crippen molar-refractivity contribution < 1.29 is 0 Å². The van der Waals surface area contributed by atoms with Crippen molar-refractivity contribution in [1.82, 2.24) is 0 Å². The smallest absolute Gasteiger partial charge is 0.0355 e. The Morgan fingerprint density at radius 1 is 0.400 bits per heavy atom. The van der Waals surface area contributed by atoms with Gasteiger partial charge in [-0.2, -0.15) is 0 Å². The van der Waals surface area contributed by atoms with E-state index in [1.165, 1.54) is 103 Å². The SMILES string of the molecule is CCCCCCCC(CCC)C(CCCCCC(C)C(C)C)C(CCCC)C(C)C. The van der Waals surface area contributed by atoms with Crippen molar-refractivity contribution in [2.75, 3.05) is 0 Å². The van der Waals surface area contributed by atoms with Gasteiger partial charge in [0.15, 0.2) is 0 Å². The van der Waals surface area contributed by atoms with E-state index in [0.717, 1.165) is 35.5 Å². The van der Waals surface area contributed by atoms with Gasteiger partial charge in [0.2, 0.25) is 0 Å². The molecular weight excluding hydrogens is 360 g/mol. The second-order valence-electron chi connectivity index (χ2n) is 11.3. The van der Waals surface area contributed by atoms with Crippen LogP contribution in [-0.2, 0) is 0 Å². The van der Waals surface area contributed by atoms with Crippen LogP contribution in [0.2, 0.25) is 0 Å². The lowest BCUT2D eigenvalue weighted by molar-refractivity contribution is 0.132. The highest BCUT2D eigenvalue weighted by molar-refractivity contribution is 4.80. The average Bonchev–Trinajstić information content (AvgIpc) is 2.70. The zero-order valence-electron chi connectivity index (χ0n) is 22.8. The van der Waals surface area contributed by atoms with Crippen LogP contribution in [0.25, 0.3) is 0 Å². The van der Waals surface area contributed by atoms with Crippen molar-refractivity contribution in [2.24, 2.45) is 35.5 Å². The van der Waals surface area contributed by atoms with Crippen LogP contribution in [0, 0.1) is 35.5 Å². The molecule has 0 heterocycles. The van der Waals surface area contributed by atoms with Gasteiger partial charge in [0.1, 0.15) is 0 Å². The molecule has 182 valence electrons. The summed E-state index contributed by atoms with van der Waals surface area (Å²) in [6.07, 6.45) is 23.1. The highest BCUT2D eigenvalue weighted by Crippen LogP contribution is 2.40. The fraction of sp³-hybridized carbons (Fsp3) is 1.00. The summed E-state index contributed by atoms with van der Waals surface area (Å²) in [7, 11) is 0. The molecule has 0 heteroatoms. The number of hydrogen-bond donors (Lipinski definition) is 0. The van der Waals surface area contributed by atoms with E-state index < -0.39 is 0 Å². The number of hydrogen-bond acceptors (Lipinski definition) is 0. The summed E-state index contributed by atoms with van der Waals surface area (Å²) in [6.45, 7) is 19.4. The van der Waals surface area contributed by atoms with Gasteiger partial charge in [0, 0.05) is 0 Å². The van der Waals surface area contributed by atoms with Crippen molar-refractivity contribution in [2.45, 2.75) is 158 Å². The third-order valence-corrected chi connectivity index (χ3v) is 8.08. The Labute approximate surface area is 193 Å². The minimum Gasteiger partial charge on any atom is -0.0654 e. The fourth-order valence-corrected chi connectivity index (χ4v) is 5.59. The van der Waals surface area contributed by atoms with Gasteiger partial charge in [0.05, 0.1) is 0 Å². The van der Waals surface area contributed by atoms with Crippen molar-refractivity contribution in [3.63, 3.8) is 0 Å². The van der Waals surface area contributed by atoms with Gasteiger partial charge < -0.3 is 0 Å². The van der Waals surface area contributed by atoms with Crippen molar-refractivity contribution >= 4 is 0 Å². The van der Waals surface area contributed by atoms with E-state index in [1.54, 1.807) is 0 Å². The molecule has 0 N–H and O–H groups in total. The Bertz CT molecular complexity index is 342. The fourth-order valence-electron chi connectivity index (χ4n) is 5.59. The van der Waals surface area contributed by atoms with Crippen LogP contribution in [0.15, 0.2) is 0 Å². The van der Waals surface area contributed by atoms with Crippen LogP contribution in [0.4, 0.5) is 0 Å². The molecule has 0 saturated heterocycles. The van der Waals surface area contributed by atoms with Crippen molar-refractivity contribution in [1.29, 1.82) is 0 Å². The Morgan fingerprint density at radius 2 is 0.933 bits per heavy atom. The molecule has 0 aliphatic heterocycles. The van der Waals surface area contributed by atoms with Crippen LogP contribution in [0.5, 0.6) is 0 Å². The molecule has 0 spiro atoms. The predicted octanol–water partition coefficient (Wildman–Crippen LogP) is 11.1. The van der Waals surface area contributed by atoms with Crippen LogP contribution in [-0.4, -0.2) is 0 Å². The summed E-state index contributed by atoms with van der Waals surface area (Å²) in [5.74, 6) is 5.50. The lowest BCUT2D eigenvalue weighted by Gasteiger charge is -2.37. The molecule has 0 aliphatic rings. The van der Waals surface area contributed by atoms with E-state index in [-0.39, 0.29) is 0 Å².